The van der Waals surface area contributed by atoms with Crippen molar-refractivity contribution in [1.29, 1.82) is 0 Å². The molecule has 0 fully saturated rings. The van der Waals surface area contributed by atoms with E-state index in [2.05, 4.69) is 0 Å². The number of hydrogen-bond acceptors (Lipinski definition) is 2. The topological polar surface area (TPSA) is 46.5 Å². The normalized spacial score (nSPS) is 14.2. The highest BCUT2D eigenvalue weighted by molar-refractivity contribution is 5.71. The average molecular weight is 188 g/mol. The van der Waals surface area contributed by atoms with Gasteiger partial charge in [0.2, 0.25) is 0 Å². The molecule has 0 radical (unpaired) electrons. The molecule has 13 heavy (non-hydrogen) atoms. The summed E-state index contributed by atoms with van der Waals surface area (Å²) in [5, 5.41) is 8.93. The van der Waals surface area contributed by atoms with Gasteiger partial charge in [-0.3, -0.25) is 4.79 Å². The highest BCUT2D eigenvalue weighted by Crippen LogP contribution is 2.26. The Labute approximate surface area is 80.1 Å². The first kappa shape index (κ1) is 12.4. The van der Waals surface area contributed by atoms with Crippen molar-refractivity contribution in [2.24, 2.45) is 11.3 Å². The Hall–Kier alpha value is -0.570. The van der Waals surface area contributed by atoms with Gasteiger partial charge in [-0.2, -0.15) is 0 Å². The molecule has 0 saturated carbocycles. The Morgan fingerprint density at radius 2 is 2.00 bits per heavy atom. The largest absolute Gasteiger partial charge is 0.481 e. The van der Waals surface area contributed by atoms with E-state index in [1.165, 1.54) is 0 Å². The summed E-state index contributed by atoms with van der Waals surface area (Å²) < 4.78 is 5.25. The minimum Gasteiger partial charge on any atom is -0.481 e. The molecule has 0 heterocycles. The monoisotopic (exact) mass is 188 g/mol. The number of ether oxygens (including phenoxy) is 1. The quantitative estimate of drug-likeness (QED) is 0.672. The van der Waals surface area contributed by atoms with E-state index in [9.17, 15) is 4.79 Å². The standard InChI is InChI=1S/C10H20O3/c1-5-6-13-7-8(9(11)12)10(2,3)4/h8H,5-7H2,1-4H3,(H,11,12). The second-order valence-corrected chi connectivity index (χ2v) is 4.33. The molecule has 0 aromatic heterocycles. The molecular formula is C10H20O3. The lowest BCUT2D eigenvalue weighted by Gasteiger charge is -2.26. The molecule has 0 aromatic carbocycles. The lowest BCUT2D eigenvalue weighted by molar-refractivity contribution is -0.148. The van der Waals surface area contributed by atoms with E-state index in [-0.39, 0.29) is 5.41 Å². The summed E-state index contributed by atoms with van der Waals surface area (Å²) in [6, 6.07) is 0. The second kappa shape index (κ2) is 5.22. The van der Waals surface area contributed by atoms with Crippen molar-refractivity contribution in [3.63, 3.8) is 0 Å². The van der Waals surface area contributed by atoms with Crippen molar-refractivity contribution in [3.05, 3.63) is 0 Å². The van der Waals surface area contributed by atoms with E-state index in [0.29, 0.717) is 13.2 Å². The first-order chi connectivity index (χ1) is 5.89. The van der Waals surface area contributed by atoms with E-state index < -0.39 is 11.9 Å². The Morgan fingerprint density at radius 1 is 1.46 bits per heavy atom. The van der Waals surface area contributed by atoms with Crippen LogP contribution in [0.3, 0.4) is 0 Å². The van der Waals surface area contributed by atoms with Crippen LogP contribution in [0.2, 0.25) is 0 Å². The van der Waals surface area contributed by atoms with Crippen molar-refractivity contribution in [2.75, 3.05) is 13.2 Å². The Morgan fingerprint density at radius 3 is 2.31 bits per heavy atom. The van der Waals surface area contributed by atoms with E-state index >= 15 is 0 Å². The molecule has 0 aliphatic carbocycles. The summed E-state index contributed by atoms with van der Waals surface area (Å²) in [7, 11) is 0. The van der Waals surface area contributed by atoms with Crippen LogP contribution in [0, 0.1) is 11.3 Å². The molecule has 0 saturated heterocycles. The van der Waals surface area contributed by atoms with Crippen LogP contribution in [-0.4, -0.2) is 24.3 Å². The number of aliphatic carboxylic acids is 1. The van der Waals surface area contributed by atoms with Crippen LogP contribution in [0.25, 0.3) is 0 Å². The van der Waals surface area contributed by atoms with Gasteiger partial charge in [0.15, 0.2) is 0 Å². The first-order valence-electron chi connectivity index (χ1n) is 4.70. The molecular weight excluding hydrogens is 168 g/mol. The zero-order valence-electron chi connectivity index (χ0n) is 8.96. The maximum absolute atomic E-state index is 10.9. The molecule has 78 valence electrons. The third-order valence-electron chi connectivity index (χ3n) is 1.98. The lowest BCUT2D eigenvalue weighted by Crippen LogP contribution is -2.32. The Kier molecular flexibility index (Phi) is 4.99. The van der Waals surface area contributed by atoms with Gasteiger partial charge in [0, 0.05) is 6.61 Å². The van der Waals surface area contributed by atoms with Gasteiger partial charge in [-0.15, -0.1) is 0 Å². The molecule has 0 amide bonds. The van der Waals surface area contributed by atoms with Gasteiger partial charge < -0.3 is 9.84 Å². The van der Waals surface area contributed by atoms with Gasteiger partial charge in [0.1, 0.15) is 0 Å². The molecule has 0 bridgehead atoms. The predicted octanol–water partition coefficient (Wildman–Crippen LogP) is 2.16. The molecule has 0 rings (SSSR count). The fourth-order valence-corrected chi connectivity index (χ4v) is 1.04. The minimum atomic E-state index is -0.774. The highest BCUT2D eigenvalue weighted by atomic mass is 16.5. The molecule has 3 heteroatoms. The van der Waals surface area contributed by atoms with Gasteiger partial charge in [-0.1, -0.05) is 27.7 Å². The number of rotatable bonds is 5. The molecule has 1 unspecified atom stereocenters. The van der Waals surface area contributed by atoms with Crippen LogP contribution >= 0.6 is 0 Å². The van der Waals surface area contributed by atoms with Crippen molar-refractivity contribution in [1.82, 2.24) is 0 Å². The van der Waals surface area contributed by atoms with Crippen molar-refractivity contribution in [2.45, 2.75) is 34.1 Å². The maximum atomic E-state index is 10.9. The van der Waals surface area contributed by atoms with Gasteiger partial charge in [-0.25, -0.2) is 0 Å². The molecule has 1 N–H and O–H groups in total. The summed E-state index contributed by atoms with van der Waals surface area (Å²) in [5.74, 6) is -1.19. The second-order valence-electron chi connectivity index (χ2n) is 4.33. The van der Waals surface area contributed by atoms with Crippen LogP contribution in [-0.2, 0) is 9.53 Å². The molecule has 0 aliphatic heterocycles. The van der Waals surface area contributed by atoms with Crippen LogP contribution in [0.5, 0.6) is 0 Å². The van der Waals surface area contributed by atoms with Crippen LogP contribution in [0.4, 0.5) is 0 Å². The molecule has 3 nitrogen and oxygen atoms in total. The fourth-order valence-electron chi connectivity index (χ4n) is 1.04. The van der Waals surface area contributed by atoms with E-state index in [1.807, 2.05) is 27.7 Å². The number of carbonyl (C=O) groups is 1. The number of carboxylic acids is 1. The predicted molar refractivity (Wildman–Crippen MR) is 51.7 cm³/mol. The van der Waals surface area contributed by atoms with Gasteiger partial charge >= 0.3 is 5.97 Å². The zero-order chi connectivity index (χ0) is 10.5. The average Bonchev–Trinajstić information content (AvgIpc) is 1.94. The fraction of sp³-hybridized carbons (Fsp3) is 0.900. The molecule has 0 aliphatic rings. The Balaban J connectivity index is 4.04. The summed E-state index contributed by atoms with van der Waals surface area (Å²) in [5.41, 5.74) is -0.237. The highest BCUT2D eigenvalue weighted by Gasteiger charge is 2.31. The minimum absolute atomic E-state index is 0.237. The SMILES string of the molecule is CCCOCC(C(=O)O)C(C)(C)C. The van der Waals surface area contributed by atoms with E-state index in [4.69, 9.17) is 9.84 Å². The third kappa shape index (κ3) is 4.88. The Bertz CT molecular complexity index is 158. The summed E-state index contributed by atoms with van der Waals surface area (Å²) in [4.78, 5) is 10.9. The van der Waals surface area contributed by atoms with Crippen LogP contribution in [0.15, 0.2) is 0 Å². The van der Waals surface area contributed by atoms with Crippen LogP contribution < -0.4 is 0 Å². The molecule has 0 aromatic rings. The zero-order valence-corrected chi connectivity index (χ0v) is 8.96. The number of hydrogen-bond donors (Lipinski definition) is 1. The van der Waals surface area contributed by atoms with Crippen molar-refractivity contribution in [3.8, 4) is 0 Å². The molecule has 1 atom stereocenters. The van der Waals surface area contributed by atoms with Crippen molar-refractivity contribution < 1.29 is 14.6 Å². The first-order valence-corrected chi connectivity index (χ1v) is 4.70. The molecule has 0 spiro atoms. The lowest BCUT2D eigenvalue weighted by atomic mass is 9.81. The van der Waals surface area contributed by atoms with Gasteiger partial charge in [0.25, 0.3) is 0 Å². The summed E-state index contributed by atoms with van der Waals surface area (Å²) in [6.07, 6.45) is 0.927. The van der Waals surface area contributed by atoms with Crippen molar-refractivity contribution >= 4 is 5.97 Å². The van der Waals surface area contributed by atoms with E-state index in [1.54, 1.807) is 0 Å². The third-order valence-corrected chi connectivity index (χ3v) is 1.98. The number of carboxylic acid groups (broad SMARTS) is 1. The maximum Gasteiger partial charge on any atom is 0.309 e. The van der Waals surface area contributed by atoms with Crippen LogP contribution in [0.1, 0.15) is 34.1 Å². The smallest absolute Gasteiger partial charge is 0.309 e. The summed E-state index contributed by atoms with van der Waals surface area (Å²) >= 11 is 0. The van der Waals surface area contributed by atoms with E-state index in [0.717, 1.165) is 6.42 Å². The van der Waals surface area contributed by atoms with Gasteiger partial charge in [0.05, 0.1) is 12.5 Å². The van der Waals surface area contributed by atoms with Gasteiger partial charge in [-0.05, 0) is 11.8 Å². The summed E-state index contributed by atoms with van der Waals surface area (Å²) in [6.45, 7) is 8.71.